The molecule has 10 heteroatoms. The Morgan fingerprint density at radius 1 is 1.46 bits per heavy atom. The number of amides is 2. The molecule has 0 unspecified atom stereocenters. The molecule has 1 aromatic heterocycles. The second kappa shape index (κ2) is 7.80. The molecule has 0 radical (unpaired) electrons. The van der Waals surface area contributed by atoms with E-state index in [0.29, 0.717) is 11.3 Å². The van der Waals surface area contributed by atoms with Gasteiger partial charge in [-0.25, -0.2) is 14.2 Å². The van der Waals surface area contributed by atoms with Crippen molar-refractivity contribution in [3.05, 3.63) is 58.6 Å². The zero-order chi connectivity index (χ0) is 20.3. The Labute approximate surface area is 164 Å². The minimum Gasteiger partial charge on any atom is -0.407 e. The van der Waals surface area contributed by atoms with Gasteiger partial charge in [0.25, 0.3) is 11.7 Å². The molecule has 1 fully saturated rings. The number of ether oxygens (including phenoxy) is 1. The van der Waals surface area contributed by atoms with Gasteiger partial charge in [-0.1, -0.05) is 11.6 Å². The molecular formula is C18H14ClFN4O4. The van der Waals surface area contributed by atoms with Crippen LogP contribution in [0.3, 0.4) is 0 Å². The smallest absolute Gasteiger partial charge is 0.407 e. The van der Waals surface area contributed by atoms with Crippen LogP contribution in [0.5, 0.6) is 0 Å². The number of anilines is 1. The molecule has 2 amide bonds. The highest BCUT2D eigenvalue weighted by Crippen LogP contribution is 2.29. The number of hydrogen-bond acceptors (Lipinski definition) is 6. The first-order valence-corrected chi connectivity index (χ1v) is 8.51. The van der Waals surface area contributed by atoms with Crippen LogP contribution < -0.4 is 10.2 Å². The molecule has 0 saturated carbocycles. The van der Waals surface area contributed by atoms with Crippen molar-refractivity contribution in [3.63, 3.8) is 0 Å². The summed E-state index contributed by atoms with van der Waals surface area (Å²) < 4.78 is 18.2. The summed E-state index contributed by atoms with van der Waals surface area (Å²) in [7, 11) is 0. The van der Waals surface area contributed by atoms with Crippen LogP contribution in [-0.2, 0) is 16.1 Å². The summed E-state index contributed by atoms with van der Waals surface area (Å²) in [5.41, 5.74) is 0.925. The van der Waals surface area contributed by atoms with E-state index in [4.69, 9.17) is 21.6 Å². The number of hydrogen-bond donors (Lipinski definition) is 2. The van der Waals surface area contributed by atoms with Gasteiger partial charge >= 0.3 is 6.09 Å². The van der Waals surface area contributed by atoms with Crippen molar-refractivity contribution >= 4 is 29.3 Å². The van der Waals surface area contributed by atoms with Gasteiger partial charge < -0.3 is 20.1 Å². The Bertz CT molecular complexity index is 943. The van der Waals surface area contributed by atoms with Gasteiger partial charge in [0.2, 0.25) is 0 Å². The van der Waals surface area contributed by atoms with Crippen LogP contribution in [0.15, 0.2) is 36.5 Å². The van der Waals surface area contributed by atoms with Gasteiger partial charge in [0.15, 0.2) is 0 Å². The minimum atomic E-state index is -2.34. The maximum atomic E-state index is 13.3. The van der Waals surface area contributed by atoms with E-state index in [1.165, 1.54) is 35.4 Å². The topological polar surface area (TPSA) is 116 Å². The Kier molecular flexibility index (Phi) is 5.44. The lowest BCUT2D eigenvalue weighted by Gasteiger charge is -2.22. The van der Waals surface area contributed by atoms with Gasteiger partial charge in [-0.2, -0.15) is 5.26 Å². The zero-order valence-corrected chi connectivity index (χ0v) is 15.1. The van der Waals surface area contributed by atoms with Gasteiger partial charge in [-0.05, 0) is 35.9 Å². The number of rotatable bonds is 4. The number of nitrogens with zero attached hydrogens (tertiary/aromatic N) is 3. The third-order valence-corrected chi connectivity index (χ3v) is 4.27. The summed E-state index contributed by atoms with van der Waals surface area (Å²) in [5.74, 6) is -3.73. The van der Waals surface area contributed by atoms with Gasteiger partial charge in [-0.15, -0.1) is 0 Å². The van der Waals surface area contributed by atoms with Crippen LogP contribution in [0.2, 0.25) is 5.02 Å². The Balaban J connectivity index is 1.62. The van der Waals surface area contributed by atoms with E-state index in [2.05, 4.69) is 10.3 Å². The summed E-state index contributed by atoms with van der Waals surface area (Å²) in [4.78, 5) is 29.5. The fourth-order valence-corrected chi connectivity index (χ4v) is 2.96. The first-order chi connectivity index (χ1) is 13.3. The van der Waals surface area contributed by atoms with Crippen molar-refractivity contribution in [3.8, 4) is 6.07 Å². The molecule has 0 aliphatic carbocycles. The number of aromatic nitrogens is 1. The molecular weight excluding hydrogens is 391 g/mol. The lowest BCUT2D eigenvalue weighted by Crippen LogP contribution is -2.46. The number of nitriles is 1. The number of alkyl carbamates (subject to hydrolysis) is 1. The summed E-state index contributed by atoms with van der Waals surface area (Å²) in [6.07, 6.45) is 0.122. The lowest BCUT2D eigenvalue weighted by molar-refractivity contribution is -0.175. The van der Waals surface area contributed by atoms with Gasteiger partial charge in [-0.3, -0.25) is 4.79 Å². The number of carbonyl (C=O) groups is 2. The Hall–Kier alpha value is -3.22. The summed E-state index contributed by atoms with van der Waals surface area (Å²) in [6.45, 7) is -0.0143. The van der Waals surface area contributed by atoms with Gasteiger partial charge in [0.1, 0.15) is 17.6 Å². The molecule has 0 spiro atoms. The van der Waals surface area contributed by atoms with Crippen molar-refractivity contribution in [2.45, 2.75) is 18.8 Å². The van der Waals surface area contributed by atoms with E-state index >= 15 is 0 Å². The van der Waals surface area contributed by atoms with Crippen molar-refractivity contribution in [1.82, 2.24) is 10.3 Å². The predicted octanol–water partition coefficient (Wildman–Crippen LogP) is 2.10. The Morgan fingerprint density at radius 3 is 2.89 bits per heavy atom. The molecule has 2 heterocycles. The van der Waals surface area contributed by atoms with E-state index in [1.807, 2.05) is 6.07 Å². The van der Waals surface area contributed by atoms with E-state index in [1.54, 1.807) is 0 Å². The molecule has 0 bridgehead atoms. The lowest BCUT2D eigenvalue weighted by atomic mass is 10.2. The van der Waals surface area contributed by atoms with E-state index in [-0.39, 0.29) is 30.2 Å². The third kappa shape index (κ3) is 4.19. The van der Waals surface area contributed by atoms with Crippen molar-refractivity contribution in [1.29, 1.82) is 5.26 Å². The van der Waals surface area contributed by atoms with Crippen molar-refractivity contribution in [2.75, 3.05) is 11.4 Å². The van der Waals surface area contributed by atoms with E-state index in [0.717, 1.165) is 6.07 Å². The molecule has 2 N–H and O–H groups in total. The quantitative estimate of drug-likeness (QED) is 0.754. The number of carbonyl (C=O) groups excluding carboxylic acids is 2. The minimum absolute atomic E-state index is 0.0930. The van der Waals surface area contributed by atoms with Crippen LogP contribution in [0.4, 0.5) is 14.9 Å². The first kappa shape index (κ1) is 19.5. The van der Waals surface area contributed by atoms with Crippen LogP contribution in [0.1, 0.15) is 17.7 Å². The van der Waals surface area contributed by atoms with Crippen molar-refractivity contribution < 1.29 is 23.8 Å². The van der Waals surface area contributed by atoms with E-state index < -0.39 is 23.6 Å². The molecule has 1 saturated heterocycles. The summed E-state index contributed by atoms with van der Waals surface area (Å²) in [5, 5.41) is 21.7. The highest BCUT2D eigenvalue weighted by molar-refractivity contribution is 6.30. The maximum absolute atomic E-state index is 13.3. The van der Waals surface area contributed by atoms with Crippen LogP contribution >= 0.6 is 11.6 Å². The molecule has 144 valence electrons. The summed E-state index contributed by atoms with van der Waals surface area (Å²) in [6, 6.07) is 8.55. The molecule has 1 atom stereocenters. The molecule has 1 aromatic carbocycles. The number of nitrogens with one attached hydrogen (secondary N) is 1. The second-order valence-corrected chi connectivity index (χ2v) is 6.46. The molecule has 8 nitrogen and oxygen atoms in total. The molecule has 1 aliphatic heterocycles. The molecule has 1 aliphatic rings. The number of pyridine rings is 1. The average molecular weight is 405 g/mol. The highest BCUT2D eigenvalue weighted by Gasteiger charge is 2.49. The molecule has 2 aromatic rings. The number of aliphatic hydroxyl groups is 1. The predicted molar refractivity (Wildman–Crippen MR) is 95.6 cm³/mol. The summed E-state index contributed by atoms with van der Waals surface area (Å²) >= 11 is 5.74. The standard InChI is InChI=1S/C18H14ClFN4O4/c19-12-5-11(6-13(20)7-12)9-23-17(26)28-18(27)3-4-24(16(18)25)15-2-1-14(8-21)22-10-15/h1-2,5-7,10,27H,3-4,9H2,(H,23,26)/t18-/m0/s1. The van der Waals surface area contributed by atoms with E-state index in [9.17, 15) is 19.1 Å². The van der Waals surface area contributed by atoms with Crippen LogP contribution in [0.25, 0.3) is 0 Å². The third-order valence-electron chi connectivity index (χ3n) is 4.05. The number of benzene rings is 1. The monoisotopic (exact) mass is 404 g/mol. The zero-order valence-electron chi connectivity index (χ0n) is 14.4. The van der Waals surface area contributed by atoms with Gasteiger partial charge in [0.05, 0.1) is 11.9 Å². The average Bonchev–Trinajstić information content (AvgIpc) is 2.94. The van der Waals surface area contributed by atoms with Crippen molar-refractivity contribution in [2.24, 2.45) is 0 Å². The SMILES string of the molecule is N#Cc1ccc(N2CC[C@](O)(OC(=O)NCc3cc(F)cc(Cl)c3)C2=O)cn1. The maximum Gasteiger partial charge on any atom is 0.410 e. The fraction of sp³-hybridized carbons (Fsp3) is 0.222. The number of halogens is 2. The van der Waals surface area contributed by atoms with Crippen LogP contribution in [0, 0.1) is 17.1 Å². The largest absolute Gasteiger partial charge is 0.410 e. The first-order valence-electron chi connectivity index (χ1n) is 8.13. The molecule has 28 heavy (non-hydrogen) atoms. The Morgan fingerprint density at radius 2 is 2.25 bits per heavy atom. The highest BCUT2D eigenvalue weighted by atomic mass is 35.5. The van der Waals surface area contributed by atoms with Gasteiger partial charge in [0, 0.05) is 24.5 Å². The fourth-order valence-electron chi connectivity index (χ4n) is 2.71. The molecule has 3 rings (SSSR count). The van der Waals surface area contributed by atoms with Crippen LogP contribution in [-0.4, -0.2) is 34.4 Å². The normalized spacial score (nSPS) is 18.6. The second-order valence-electron chi connectivity index (χ2n) is 6.03.